The minimum atomic E-state index is -1.93. The maximum Gasteiger partial charge on any atom is 0.239 e. The molecule has 1 aromatic heterocycles. The van der Waals surface area contributed by atoms with E-state index in [0.29, 0.717) is 0 Å². The van der Waals surface area contributed by atoms with Crippen molar-refractivity contribution in [3.05, 3.63) is 46.6 Å². The van der Waals surface area contributed by atoms with Crippen LogP contribution in [-0.2, 0) is 18.9 Å². The van der Waals surface area contributed by atoms with Crippen LogP contribution in [0.1, 0.15) is 13.8 Å². The summed E-state index contributed by atoms with van der Waals surface area (Å²) in [6.07, 6.45) is -24.1. The van der Waals surface area contributed by atoms with Gasteiger partial charge in [-0.1, -0.05) is 0 Å². The van der Waals surface area contributed by atoms with Crippen molar-refractivity contribution in [3.63, 3.8) is 0 Å². The number of hydrogen-bond donors (Lipinski definition) is 11. The number of aliphatic hydroxyl groups is 9. The van der Waals surface area contributed by atoms with Gasteiger partial charge in [-0.25, -0.2) is 0 Å². The van der Waals surface area contributed by atoms with Crippen LogP contribution in [0.3, 0.4) is 0 Å². The largest absolute Gasteiger partial charge is 0.508 e. The highest BCUT2D eigenvalue weighted by atomic mass is 16.8. The first-order chi connectivity index (χ1) is 24.6. The van der Waals surface area contributed by atoms with Gasteiger partial charge in [-0.3, -0.25) is 4.79 Å². The van der Waals surface area contributed by atoms with Crippen molar-refractivity contribution >= 4 is 11.0 Å². The molecule has 3 aliphatic heterocycles. The summed E-state index contributed by atoms with van der Waals surface area (Å²) < 4.78 is 40.1. The van der Waals surface area contributed by atoms with Gasteiger partial charge in [0.25, 0.3) is 0 Å². The van der Waals surface area contributed by atoms with E-state index in [4.69, 9.17) is 32.8 Å². The first-order valence-electron chi connectivity index (χ1n) is 16.2. The van der Waals surface area contributed by atoms with E-state index in [1.807, 2.05) is 0 Å². The summed E-state index contributed by atoms with van der Waals surface area (Å²) >= 11 is 0. The molecule has 0 aliphatic carbocycles. The first-order valence-corrected chi connectivity index (χ1v) is 16.2. The highest BCUT2D eigenvalue weighted by molar-refractivity contribution is 5.88. The molecule has 3 fully saturated rings. The van der Waals surface area contributed by atoms with Crippen LogP contribution in [0.5, 0.6) is 23.0 Å². The number of fused-ring (bicyclic) bond motifs is 1. The van der Waals surface area contributed by atoms with Crippen LogP contribution >= 0.6 is 0 Å². The van der Waals surface area contributed by atoms with E-state index in [-0.39, 0.29) is 28.4 Å². The van der Waals surface area contributed by atoms with Crippen LogP contribution in [0, 0.1) is 0 Å². The lowest BCUT2D eigenvalue weighted by molar-refractivity contribution is -0.354. The molecule has 3 aromatic rings. The summed E-state index contributed by atoms with van der Waals surface area (Å²) in [5.41, 5.74) is -1.20. The van der Waals surface area contributed by atoms with Crippen molar-refractivity contribution < 1.29 is 89.0 Å². The van der Waals surface area contributed by atoms with E-state index < -0.39 is 121 Å². The molecular formula is C33H40O19. The summed E-state index contributed by atoms with van der Waals surface area (Å²) in [6, 6.07) is 7.36. The molecule has 4 heterocycles. The summed E-state index contributed by atoms with van der Waals surface area (Å²) in [5.74, 6) is -2.07. The molecule has 15 atom stereocenters. The van der Waals surface area contributed by atoms with E-state index in [9.17, 15) is 61.0 Å². The predicted molar refractivity (Wildman–Crippen MR) is 170 cm³/mol. The zero-order valence-corrected chi connectivity index (χ0v) is 27.5. The second kappa shape index (κ2) is 15.0. The summed E-state index contributed by atoms with van der Waals surface area (Å²) in [7, 11) is 0. The standard InChI is InChI=1S/C33H40O19/c1-10-19(37)23(41)26(44)31(46-10)48-14-7-15(36)18-16(8-14)49-28(12-3-5-13(35)6-4-12)29(22(18)40)51-33-30(25(43)21(39)17(9-34)50-33)52-32-27(45)24(42)20(38)11(2)47-32/h3-8,10-11,17,19-21,23-27,30-39,41-45H,9H2,1-2H3/t10-,11+,17+,19-,20+,21+,23+,24-,25-,26+,27-,30-,31+,32-,33-/m1/s1. The molecule has 286 valence electrons. The number of aromatic hydroxyl groups is 2. The molecule has 0 unspecified atom stereocenters. The molecule has 0 spiro atoms. The van der Waals surface area contributed by atoms with Crippen LogP contribution in [0.25, 0.3) is 22.3 Å². The highest BCUT2D eigenvalue weighted by Crippen LogP contribution is 2.39. The van der Waals surface area contributed by atoms with Gasteiger partial charge in [0.05, 0.1) is 18.8 Å². The van der Waals surface area contributed by atoms with Crippen LogP contribution in [0.4, 0.5) is 0 Å². The molecule has 3 saturated heterocycles. The number of benzene rings is 2. The topological polar surface area (TPSA) is 308 Å². The zero-order valence-electron chi connectivity index (χ0n) is 27.5. The van der Waals surface area contributed by atoms with Gasteiger partial charge in [0, 0.05) is 17.7 Å². The summed E-state index contributed by atoms with van der Waals surface area (Å²) in [5, 5.41) is 114. The number of ether oxygens (including phenoxy) is 6. The Hall–Kier alpha value is -3.67. The van der Waals surface area contributed by atoms with Gasteiger partial charge in [-0.15, -0.1) is 0 Å². The summed E-state index contributed by atoms with van der Waals surface area (Å²) in [6.45, 7) is 1.97. The van der Waals surface area contributed by atoms with Crippen LogP contribution < -0.4 is 14.9 Å². The van der Waals surface area contributed by atoms with Crippen molar-refractivity contribution in [2.75, 3.05) is 6.61 Å². The monoisotopic (exact) mass is 740 g/mol. The third-order valence-electron chi connectivity index (χ3n) is 9.25. The van der Waals surface area contributed by atoms with Gasteiger partial charge in [-0.2, -0.15) is 0 Å². The fraction of sp³-hybridized carbons (Fsp3) is 0.545. The lowest BCUT2D eigenvalue weighted by Gasteiger charge is -2.45. The van der Waals surface area contributed by atoms with E-state index in [1.54, 1.807) is 0 Å². The Morgan fingerprint density at radius 3 is 1.88 bits per heavy atom. The quantitative estimate of drug-likeness (QED) is 0.110. The summed E-state index contributed by atoms with van der Waals surface area (Å²) in [4.78, 5) is 14.2. The number of phenols is 2. The molecular weight excluding hydrogens is 700 g/mol. The molecule has 19 heteroatoms. The van der Waals surface area contributed by atoms with E-state index in [2.05, 4.69) is 0 Å². The Balaban J connectivity index is 1.41. The van der Waals surface area contributed by atoms with Crippen LogP contribution in [-0.4, -0.2) is 155 Å². The SMILES string of the molecule is C[C@@H]1O[C@H](O[C@H]2[C@@H](Oc3c(-c4ccc(O)cc4)oc4cc(O[C@@H]5O[C@H](C)[C@@H](O)[C@H](O)[C@@H]5O)cc(O)c4c3=O)O[C@@H](CO)[C@H](O)[C@H]2O)[C@H](O)[C@H](O)[C@H]1O. The third kappa shape index (κ3) is 7.03. The normalized spacial score (nSPS) is 38.2. The van der Waals surface area contributed by atoms with Crippen molar-refractivity contribution in [2.45, 2.75) is 106 Å². The average molecular weight is 741 g/mol. The average Bonchev–Trinajstić information content (AvgIpc) is 3.11. The fourth-order valence-electron chi connectivity index (χ4n) is 6.17. The van der Waals surface area contributed by atoms with Gasteiger partial charge in [0.1, 0.15) is 83.2 Å². The lowest BCUT2D eigenvalue weighted by atomic mass is 9.97. The lowest BCUT2D eigenvalue weighted by Crippen LogP contribution is -2.64. The van der Waals surface area contributed by atoms with Crippen molar-refractivity contribution in [1.29, 1.82) is 0 Å². The first kappa shape index (κ1) is 38.1. The predicted octanol–water partition coefficient (Wildman–Crippen LogP) is -2.89. The van der Waals surface area contributed by atoms with Crippen molar-refractivity contribution in [2.24, 2.45) is 0 Å². The van der Waals surface area contributed by atoms with Gasteiger partial charge in [-0.05, 0) is 38.1 Å². The van der Waals surface area contributed by atoms with Crippen molar-refractivity contribution in [1.82, 2.24) is 0 Å². The maximum absolute atomic E-state index is 14.2. The molecule has 19 nitrogen and oxygen atoms in total. The highest BCUT2D eigenvalue weighted by Gasteiger charge is 2.51. The molecule has 52 heavy (non-hydrogen) atoms. The van der Waals surface area contributed by atoms with Crippen molar-refractivity contribution in [3.8, 4) is 34.3 Å². The Labute approximate surface area is 293 Å². The molecule has 0 bridgehead atoms. The number of phenolic OH excluding ortho intramolecular Hbond substituents is 2. The van der Waals surface area contributed by atoms with E-state index in [1.165, 1.54) is 38.1 Å². The van der Waals surface area contributed by atoms with Gasteiger partial charge in [0.15, 0.2) is 18.2 Å². The zero-order chi connectivity index (χ0) is 37.8. The Morgan fingerprint density at radius 1 is 0.673 bits per heavy atom. The minimum Gasteiger partial charge on any atom is -0.508 e. The molecule has 0 amide bonds. The molecule has 6 rings (SSSR count). The van der Waals surface area contributed by atoms with E-state index >= 15 is 0 Å². The maximum atomic E-state index is 14.2. The Kier molecular flexibility index (Phi) is 11.0. The third-order valence-corrected chi connectivity index (χ3v) is 9.25. The number of rotatable bonds is 8. The van der Waals surface area contributed by atoms with Gasteiger partial charge in [0.2, 0.25) is 23.8 Å². The second-order valence-corrected chi connectivity index (χ2v) is 12.9. The molecule has 0 radical (unpaired) electrons. The van der Waals surface area contributed by atoms with Gasteiger partial charge < -0.3 is 89.0 Å². The van der Waals surface area contributed by atoms with Crippen LogP contribution in [0.15, 0.2) is 45.6 Å². The smallest absolute Gasteiger partial charge is 0.239 e. The van der Waals surface area contributed by atoms with Gasteiger partial charge >= 0.3 is 0 Å². The molecule has 0 saturated carbocycles. The molecule has 3 aliphatic rings. The fourth-order valence-corrected chi connectivity index (χ4v) is 6.17. The molecule has 2 aromatic carbocycles. The minimum absolute atomic E-state index is 0.124. The number of hydrogen-bond acceptors (Lipinski definition) is 19. The van der Waals surface area contributed by atoms with Crippen LogP contribution in [0.2, 0.25) is 0 Å². The number of aliphatic hydroxyl groups excluding tert-OH is 9. The Morgan fingerprint density at radius 2 is 1.27 bits per heavy atom. The Bertz CT molecular complexity index is 1770. The van der Waals surface area contributed by atoms with E-state index in [0.717, 1.165) is 12.1 Å². The second-order valence-electron chi connectivity index (χ2n) is 12.9. The molecule has 11 N–H and O–H groups in total.